The van der Waals surface area contributed by atoms with Crippen molar-refractivity contribution in [1.29, 1.82) is 0 Å². The molecule has 6 heteroatoms. The summed E-state index contributed by atoms with van der Waals surface area (Å²) in [6.07, 6.45) is 0. The van der Waals surface area contributed by atoms with Gasteiger partial charge < -0.3 is 20.6 Å². The molecule has 0 aromatic carbocycles. The Hall–Kier alpha value is 0.0700. The highest BCUT2D eigenvalue weighted by atomic mass is 31.2. The molecule has 0 unspecified atom stereocenters. The first-order valence-corrected chi connectivity index (χ1v) is 3.58. The topological polar surface area (TPSA) is 104 Å². The summed E-state index contributed by atoms with van der Waals surface area (Å²) in [6.45, 7) is -0.690. The lowest BCUT2D eigenvalue weighted by atomic mass is 10.7. The van der Waals surface area contributed by atoms with Crippen molar-refractivity contribution < 1.29 is 19.5 Å². The summed E-state index contributed by atoms with van der Waals surface area (Å²) in [4.78, 5) is 16.2. The van der Waals surface area contributed by atoms with E-state index < -0.39 is 20.0 Å². The van der Waals surface area contributed by atoms with Gasteiger partial charge in [0.25, 0.3) is 0 Å². The molecule has 8 heavy (non-hydrogen) atoms. The molecule has 1 atom stereocenters. The molecule has 0 saturated heterocycles. The summed E-state index contributed by atoms with van der Waals surface area (Å²) in [5.41, 5.74) is 4.74. The van der Waals surface area contributed by atoms with Crippen molar-refractivity contribution in [3.05, 3.63) is 0 Å². The van der Waals surface area contributed by atoms with Crippen molar-refractivity contribution in [3.8, 4) is 0 Å². The van der Waals surface area contributed by atoms with Crippen molar-refractivity contribution in [3.63, 3.8) is 0 Å². The van der Waals surface area contributed by atoms with Gasteiger partial charge in [0.2, 0.25) is 0 Å². The maximum absolute atomic E-state index is 9.97. The van der Waals surface area contributed by atoms with E-state index in [2.05, 4.69) is 0 Å². The van der Waals surface area contributed by atoms with E-state index in [0.29, 0.717) is 0 Å². The molecule has 0 radical (unpaired) electrons. The molecular formula is C2H8NO4P. The minimum atomic E-state index is -4.23. The second-order valence-corrected chi connectivity index (χ2v) is 3.18. The van der Waals surface area contributed by atoms with Crippen LogP contribution in [0, 0.1) is 0 Å². The van der Waals surface area contributed by atoms with E-state index in [9.17, 15) is 4.57 Å². The Kier molecular flexibility index (Phi) is 2.59. The SMILES string of the molecule is N[C@H](CO)P(=O)(O)O. The van der Waals surface area contributed by atoms with Crippen LogP contribution in [0.4, 0.5) is 0 Å². The maximum Gasteiger partial charge on any atom is 0.344 e. The zero-order valence-electron chi connectivity index (χ0n) is 4.06. The Morgan fingerprint density at radius 1 is 1.62 bits per heavy atom. The zero-order valence-corrected chi connectivity index (χ0v) is 4.95. The molecule has 0 amide bonds. The van der Waals surface area contributed by atoms with Crippen LogP contribution in [-0.4, -0.2) is 27.3 Å². The largest absolute Gasteiger partial charge is 0.394 e. The lowest BCUT2D eigenvalue weighted by molar-refractivity contribution is 0.267. The summed E-state index contributed by atoms with van der Waals surface area (Å²) in [7, 11) is -4.23. The fourth-order valence-corrected chi connectivity index (χ4v) is 0.319. The summed E-state index contributed by atoms with van der Waals surface area (Å²) in [5, 5.41) is 8.05. The summed E-state index contributed by atoms with van der Waals surface area (Å²) >= 11 is 0. The molecule has 5 nitrogen and oxygen atoms in total. The van der Waals surface area contributed by atoms with Crippen LogP contribution < -0.4 is 5.73 Å². The molecule has 0 aliphatic rings. The molecule has 0 fully saturated rings. The number of aliphatic hydroxyl groups excluding tert-OH is 1. The van der Waals surface area contributed by atoms with E-state index >= 15 is 0 Å². The van der Waals surface area contributed by atoms with Crippen molar-refractivity contribution >= 4 is 7.60 Å². The van der Waals surface area contributed by atoms with Gasteiger partial charge in [-0.15, -0.1) is 0 Å². The molecule has 0 aromatic rings. The molecule has 0 aromatic heterocycles. The molecule has 0 heterocycles. The minimum absolute atomic E-state index is 0.690. The average molecular weight is 141 g/mol. The van der Waals surface area contributed by atoms with Gasteiger partial charge in [0.1, 0.15) is 5.78 Å². The van der Waals surface area contributed by atoms with Gasteiger partial charge in [-0.25, -0.2) is 0 Å². The second kappa shape index (κ2) is 2.57. The zero-order chi connectivity index (χ0) is 6.78. The van der Waals surface area contributed by atoms with Gasteiger partial charge >= 0.3 is 7.60 Å². The van der Waals surface area contributed by atoms with E-state index in [-0.39, 0.29) is 0 Å². The normalized spacial score (nSPS) is 16.0. The van der Waals surface area contributed by atoms with E-state index in [4.69, 9.17) is 20.6 Å². The molecule has 0 bridgehead atoms. The molecule has 0 spiro atoms. The predicted octanol–water partition coefficient (Wildman–Crippen LogP) is -1.56. The Morgan fingerprint density at radius 3 is 2.00 bits per heavy atom. The summed E-state index contributed by atoms with van der Waals surface area (Å²) < 4.78 is 9.97. The van der Waals surface area contributed by atoms with E-state index in [1.54, 1.807) is 0 Å². The van der Waals surface area contributed by atoms with Gasteiger partial charge in [-0.05, 0) is 0 Å². The number of rotatable bonds is 2. The van der Waals surface area contributed by atoms with Crippen molar-refractivity contribution in [2.75, 3.05) is 6.61 Å². The first kappa shape index (κ1) is 8.07. The number of hydrogen-bond donors (Lipinski definition) is 4. The molecule has 0 aliphatic carbocycles. The monoisotopic (exact) mass is 141 g/mol. The lowest BCUT2D eigenvalue weighted by Crippen LogP contribution is -2.23. The van der Waals surface area contributed by atoms with Crippen LogP contribution in [0.15, 0.2) is 0 Å². The summed E-state index contributed by atoms with van der Waals surface area (Å²) in [5.74, 6) is -1.43. The Morgan fingerprint density at radius 2 is 2.00 bits per heavy atom. The van der Waals surface area contributed by atoms with Crippen molar-refractivity contribution in [1.82, 2.24) is 0 Å². The molecule has 50 valence electrons. The van der Waals surface area contributed by atoms with Gasteiger partial charge in [0, 0.05) is 0 Å². The average Bonchev–Trinajstić information content (AvgIpc) is 1.62. The van der Waals surface area contributed by atoms with Crippen LogP contribution in [0.3, 0.4) is 0 Å². The highest BCUT2D eigenvalue weighted by Gasteiger charge is 2.22. The molecule has 0 aliphatic heterocycles. The maximum atomic E-state index is 9.97. The molecule has 0 saturated carbocycles. The fraction of sp³-hybridized carbons (Fsp3) is 1.00. The highest BCUT2D eigenvalue weighted by Crippen LogP contribution is 2.37. The van der Waals surface area contributed by atoms with Gasteiger partial charge in [0.15, 0.2) is 0 Å². The Balaban J connectivity index is 3.82. The highest BCUT2D eigenvalue weighted by molar-refractivity contribution is 7.52. The van der Waals surface area contributed by atoms with Crippen LogP contribution in [0.1, 0.15) is 0 Å². The van der Waals surface area contributed by atoms with Crippen LogP contribution in [0.5, 0.6) is 0 Å². The van der Waals surface area contributed by atoms with Crippen LogP contribution in [-0.2, 0) is 4.57 Å². The first-order chi connectivity index (χ1) is 3.48. The predicted molar refractivity (Wildman–Crippen MR) is 27.1 cm³/mol. The smallest absolute Gasteiger partial charge is 0.344 e. The number of aliphatic hydroxyl groups is 1. The molecular weight excluding hydrogens is 133 g/mol. The third kappa shape index (κ3) is 2.40. The van der Waals surface area contributed by atoms with Crippen LogP contribution >= 0.6 is 7.60 Å². The van der Waals surface area contributed by atoms with Crippen molar-refractivity contribution in [2.45, 2.75) is 5.78 Å². The number of hydrogen-bond acceptors (Lipinski definition) is 3. The van der Waals surface area contributed by atoms with E-state index in [1.165, 1.54) is 0 Å². The standard InChI is InChI=1S/C2H8NO4P/c3-2(1-4)8(5,6)7/h2,4H,1,3H2,(H2,5,6,7)/t2-/m0/s1. The lowest BCUT2D eigenvalue weighted by Gasteiger charge is -2.08. The third-order valence-corrected chi connectivity index (χ3v) is 1.65. The molecule has 0 rings (SSSR count). The van der Waals surface area contributed by atoms with Crippen molar-refractivity contribution in [2.24, 2.45) is 5.73 Å². The van der Waals surface area contributed by atoms with Crippen LogP contribution in [0.2, 0.25) is 0 Å². The van der Waals surface area contributed by atoms with Gasteiger partial charge in [-0.2, -0.15) is 0 Å². The fourth-order valence-electron chi connectivity index (χ4n) is 0.106. The van der Waals surface area contributed by atoms with Crippen LogP contribution in [0.25, 0.3) is 0 Å². The van der Waals surface area contributed by atoms with E-state index in [1.807, 2.05) is 0 Å². The number of nitrogens with two attached hydrogens (primary N) is 1. The van der Waals surface area contributed by atoms with Gasteiger partial charge in [-0.3, -0.25) is 4.57 Å². The third-order valence-electron chi connectivity index (χ3n) is 0.619. The Bertz CT molecular complexity index is 109. The van der Waals surface area contributed by atoms with E-state index in [0.717, 1.165) is 0 Å². The summed E-state index contributed by atoms with van der Waals surface area (Å²) in [6, 6.07) is 0. The Labute approximate surface area is 46.3 Å². The molecule has 5 N–H and O–H groups in total. The van der Waals surface area contributed by atoms with Gasteiger partial charge in [-0.1, -0.05) is 0 Å². The quantitative estimate of drug-likeness (QED) is 0.348. The first-order valence-electron chi connectivity index (χ1n) is 1.90. The van der Waals surface area contributed by atoms with Gasteiger partial charge in [0.05, 0.1) is 6.61 Å². The second-order valence-electron chi connectivity index (χ2n) is 1.34. The minimum Gasteiger partial charge on any atom is -0.394 e.